The molecule has 0 saturated carbocycles. The van der Waals surface area contributed by atoms with Crippen molar-refractivity contribution in [2.75, 3.05) is 12.4 Å². The molecule has 0 bridgehead atoms. The molecule has 0 radical (unpaired) electrons. The number of hydrogen-bond donors (Lipinski definition) is 1. The van der Waals surface area contributed by atoms with Gasteiger partial charge in [-0.05, 0) is 24.3 Å². The lowest BCUT2D eigenvalue weighted by Crippen LogP contribution is -2.16. The Morgan fingerprint density at radius 1 is 1.00 bits per heavy atom. The van der Waals surface area contributed by atoms with E-state index in [1.54, 1.807) is 49.8 Å². The summed E-state index contributed by atoms with van der Waals surface area (Å²) in [6.45, 7) is 0. The third-order valence-electron chi connectivity index (χ3n) is 3.57. The van der Waals surface area contributed by atoms with Crippen molar-refractivity contribution in [1.82, 2.24) is 4.98 Å². The number of anilines is 1. The first-order valence-electron chi connectivity index (χ1n) is 7.83. The van der Waals surface area contributed by atoms with E-state index in [1.165, 1.54) is 0 Å². The number of ether oxygens (including phenoxy) is 2. The van der Waals surface area contributed by atoms with E-state index >= 15 is 0 Å². The number of para-hydroxylation sites is 1. The summed E-state index contributed by atoms with van der Waals surface area (Å²) >= 11 is 0. The monoisotopic (exact) mass is 334 g/mol. The van der Waals surface area contributed by atoms with Gasteiger partial charge in [0, 0.05) is 18.9 Å². The van der Waals surface area contributed by atoms with Crippen LogP contribution in [0.2, 0.25) is 0 Å². The summed E-state index contributed by atoms with van der Waals surface area (Å²) in [5, 5.41) is 2.81. The van der Waals surface area contributed by atoms with Gasteiger partial charge in [0.05, 0.1) is 17.4 Å². The van der Waals surface area contributed by atoms with E-state index in [9.17, 15) is 4.79 Å². The van der Waals surface area contributed by atoms with Crippen LogP contribution in [0, 0.1) is 0 Å². The number of amides is 1. The third-order valence-corrected chi connectivity index (χ3v) is 3.57. The average molecular weight is 334 g/mol. The summed E-state index contributed by atoms with van der Waals surface area (Å²) < 4.78 is 11.4. The van der Waals surface area contributed by atoms with E-state index in [0.29, 0.717) is 17.0 Å². The van der Waals surface area contributed by atoms with Crippen molar-refractivity contribution in [3.63, 3.8) is 0 Å². The lowest BCUT2D eigenvalue weighted by molar-refractivity contribution is -0.0564. The normalized spacial score (nSPS) is 11.6. The van der Waals surface area contributed by atoms with Crippen molar-refractivity contribution >= 4 is 11.6 Å². The molecule has 0 aliphatic heterocycles. The Morgan fingerprint density at radius 2 is 1.76 bits per heavy atom. The smallest absolute Gasteiger partial charge is 0.259 e. The number of nitrogens with zero attached hydrogens (tertiary/aromatic N) is 1. The number of carbonyl (C=O) groups excluding carboxylic acids is 1. The fourth-order valence-electron chi connectivity index (χ4n) is 2.37. The van der Waals surface area contributed by atoms with Crippen LogP contribution in [-0.2, 0) is 4.74 Å². The molecule has 1 atom stereocenters. The zero-order valence-electron chi connectivity index (χ0n) is 13.8. The maximum Gasteiger partial charge on any atom is 0.259 e. The van der Waals surface area contributed by atoms with Gasteiger partial charge in [0.2, 0.25) is 6.29 Å². The van der Waals surface area contributed by atoms with Crippen LogP contribution in [0.25, 0.3) is 0 Å². The molecule has 0 saturated heterocycles. The lowest BCUT2D eigenvalue weighted by Gasteiger charge is -2.19. The van der Waals surface area contributed by atoms with Gasteiger partial charge < -0.3 is 14.8 Å². The first-order chi connectivity index (χ1) is 12.3. The van der Waals surface area contributed by atoms with Crippen LogP contribution >= 0.6 is 0 Å². The average Bonchev–Trinajstić information content (AvgIpc) is 2.68. The number of pyridine rings is 1. The van der Waals surface area contributed by atoms with Crippen LogP contribution in [0.1, 0.15) is 22.2 Å². The van der Waals surface area contributed by atoms with Crippen LogP contribution in [0.15, 0.2) is 79.1 Å². The van der Waals surface area contributed by atoms with Gasteiger partial charge in [0.15, 0.2) is 0 Å². The van der Waals surface area contributed by atoms with Crippen LogP contribution in [0.3, 0.4) is 0 Å². The number of nitrogens with one attached hydrogen (secondary N) is 1. The number of methoxy groups -OCH3 is 1. The van der Waals surface area contributed by atoms with Crippen molar-refractivity contribution in [1.29, 1.82) is 0 Å². The summed E-state index contributed by atoms with van der Waals surface area (Å²) in [5.41, 5.74) is 1.91. The van der Waals surface area contributed by atoms with Gasteiger partial charge in [0.25, 0.3) is 5.91 Å². The number of hydrogen-bond acceptors (Lipinski definition) is 4. The predicted molar refractivity (Wildman–Crippen MR) is 95.5 cm³/mol. The molecule has 2 aromatic carbocycles. The van der Waals surface area contributed by atoms with Gasteiger partial charge in [-0.1, -0.05) is 42.5 Å². The first kappa shape index (κ1) is 16.7. The van der Waals surface area contributed by atoms with Gasteiger partial charge in [-0.25, -0.2) is 0 Å². The Balaban J connectivity index is 1.82. The first-order valence-corrected chi connectivity index (χ1v) is 7.83. The SMILES string of the molecule is COC(Oc1ccccc1C(=O)Nc1cccnc1)c1ccccc1. The topological polar surface area (TPSA) is 60.5 Å². The van der Waals surface area contributed by atoms with Crippen molar-refractivity contribution in [3.8, 4) is 5.75 Å². The molecule has 1 unspecified atom stereocenters. The second-order valence-corrected chi connectivity index (χ2v) is 5.29. The molecule has 1 aromatic heterocycles. The quantitative estimate of drug-likeness (QED) is 0.691. The Bertz CT molecular complexity index is 823. The number of aromatic nitrogens is 1. The highest BCUT2D eigenvalue weighted by Crippen LogP contribution is 2.26. The minimum atomic E-state index is -0.603. The lowest BCUT2D eigenvalue weighted by atomic mass is 10.1. The maximum absolute atomic E-state index is 12.6. The third kappa shape index (κ3) is 4.22. The highest BCUT2D eigenvalue weighted by Gasteiger charge is 2.17. The predicted octanol–water partition coefficient (Wildman–Crippen LogP) is 4.06. The molecule has 3 aromatic rings. The minimum absolute atomic E-state index is 0.272. The number of benzene rings is 2. The van der Waals surface area contributed by atoms with Crippen molar-refractivity contribution in [2.24, 2.45) is 0 Å². The summed E-state index contributed by atoms with van der Waals surface area (Å²) in [6, 6.07) is 20.1. The van der Waals surface area contributed by atoms with E-state index in [2.05, 4.69) is 10.3 Å². The van der Waals surface area contributed by atoms with E-state index in [1.807, 2.05) is 36.4 Å². The fourth-order valence-corrected chi connectivity index (χ4v) is 2.37. The van der Waals surface area contributed by atoms with Gasteiger partial charge in [-0.2, -0.15) is 0 Å². The second kappa shape index (κ2) is 8.08. The highest BCUT2D eigenvalue weighted by atomic mass is 16.7. The molecule has 0 aliphatic carbocycles. The van der Waals surface area contributed by atoms with Gasteiger partial charge in [-0.15, -0.1) is 0 Å². The Kier molecular flexibility index (Phi) is 5.39. The molecule has 3 rings (SSSR count). The zero-order valence-corrected chi connectivity index (χ0v) is 13.8. The van der Waals surface area contributed by atoms with Crippen LogP contribution < -0.4 is 10.1 Å². The van der Waals surface area contributed by atoms with Crippen LogP contribution in [-0.4, -0.2) is 18.0 Å². The molecule has 0 spiro atoms. The molecule has 25 heavy (non-hydrogen) atoms. The van der Waals surface area contributed by atoms with Crippen molar-refractivity contribution in [2.45, 2.75) is 6.29 Å². The van der Waals surface area contributed by atoms with E-state index in [4.69, 9.17) is 9.47 Å². The molecule has 1 amide bonds. The van der Waals surface area contributed by atoms with Gasteiger partial charge in [-0.3, -0.25) is 9.78 Å². The van der Waals surface area contributed by atoms with Crippen molar-refractivity contribution in [3.05, 3.63) is 90.3 Å². The van der Waals surface area contributed by atoms with Gasteiger partial charge in [0.1, 0.15) is 5.75 Å². The second-order valence-electron chi connectivity index (χ2n) is 5.29. The molecule has 1 heterocycles. The summed E-state index contributed by atoms with van der Waals surface area (Å²) in [5.74, 6) is 0.172. The Labute approximate surface area is 146 Å². The molecular weight excluding hydrogens is 316 g/mol. The molecule has 5 heteroatoms. The van der Waals surface area contributed by atoms with E-state index < -0.39 is 6.29 Å². The minimum Gasteiger partial charge on any atom is -0.460 e. The molecule has 0 aliphatic rings. The van der Waals surface area contributed by atoms with Crippen LogP contribution in [0.4, 0.5) is 5.69 Å². The molecule has 1 N–H and O–H groups in total. The molecule has 0 fully saturated rings. The van der Waals surface area contributed by atoms with Crippen LogP contribution in [0.5, 0.6) is 5.75 Å². The number of carbonyl (C=O) groups is 1. The number of rotatable bonds is 6. The summed E-state index contributed by atoms with van der Waals surface area (Å²) in [7, 11) is 1.57. The summed E-state index contributed by atoms with van der Waals surface area (Å²) in [6.07, 6.45) is 2.63. The van der Waals surface area contributed by atoms with Crippen molar-refractivity contribution < 1.29 is 14.3 Å². The molecule has 5 nitrogen and oxygen atoms in total. The van der Waals surface area contributed by atoms with E-state index in [-0.39, 0.29) is 5.91 Å². The fraction of sp³-hybridized carbons (Fsp3) is 0.100. The summed E-state index contributed by atoms with van der Waals surface area (Å²) in [4.78, 5) is 16.6. The molecular formula is C20H18N2O3. The van der Waals surface area contributed by atoms with Gasteiger partial charge >= 0.3 is 0 Å². The standard InChI is InChI=1S/C20H18N2O3/c1-24-20(15-8-3-2-4-9-15)25-18-12-6-5-11-17(18)19(23)22-16-10-7-13-21-14-16/h2-14,20H,1H3,(H,22,23). The Hall–Kier alpha value is -3.18. The largest absolute Gasteiger partial charge is 0.460 e. The highest BCUT2D eigenvalue weighted by molar-refractivity contribution is 6.06. The maximum atomic E-state index is 12.6. The molecule has 126 valence electrons. The Morgan fingerprint density at radius 3 is 2.48 bits per heavy atom. The zero-order chi connectivity index (χ0) is 17.5. The van der Waals surface area contributed by atoms with E-state index in [0.717, 1.165) is 5.56 Å².